The Balaban J connectivity index is 2.15. The van der Waals surface area contributed by atoms with Crippen LogP contribution in [-0.2, 0) is 4.79 Å². The van der Waals surface area contributed by atoms with Gasteiger partial charge in [0.25, 0.3) is 5.91 Å². The van der Waals surface area contributed by atoms with Crippen LogP contribution in [0.4, 0.5) is 5.69 Å². The Kier molecular flexibility index (Phi) is 9.64. The van der Waals surface area contributed by atoms with Gasteiger partial charge in [-0.2, -0.15) is 5.26 Å². The van der Waals surface area contributed by atoms with Crippen LogP contribution in [0.25, 0.3) is 6.08 Å². The zero-order chi connectivity index (χ0) is 22.6. The maximum atomic E-state index is 12.6. The van der Waals surface area contributed by atoms with E-state index >= 15 is 0 Å². The van der Waals surface area contributed by atoms with Gasteiger partial charge in [0.15, 0.2) is 11.5 Å². The topological polar surface area (TPSA) is 71.3 Å². The third-order valence-corrected chi connectivity index (χ3v) is 4.83. The lowest BCUT2D eigenvalue weighted by Gasteiger charge is -2.13. The molecule has 0 unspecified atom stereocenters. The highest BCUT2D eigenvalue weighted by Crippen LogP contribution is 2.30. The molecule has 0 radical (unpaired) electrons. The molecule has 2 rings (SSSR count). The summed E-state index contributed by atoms with van der Waals surface area (Å²) in [7, 11) is 0. The zero-order valence-corrected chi connectivity index (χ0v) is 19.0. The molecular weight excluding hydrogens is 388 g/mol. The molecule has 0 aromatic heterocycles. The van der Waals surface area contributed by atoms with E-state index in [0.29, 0.717) is 36.0 Å². The van der Waals surface area contributed by atoms with Gasteiger partial charge < -0.3 is 14.8 Å². The van der Waals surface area contributed by atoms with Gasteiger partial charge in [-0.05, 0) is 62.6 Å². The van der Waals surface area contributed by atoms with Crippen LogP contribution in [-0.4, -0.2) is 19.1 Å². The smallest absolute Gasteiger partial charge is 0.266 e. The van der Waals surface area contributed by atoms with Gasteiger partial charge in [0.1, 0.15) is 11.6 Å². The second-order valence-electron chi connectivity index (χ2n) is 7.49. The van der Waals surface area contributed by atoms with Crippen molar-refractivity contribution < 1.29 is 14.3 Å². The summed E-state index contributed by atoms with van der Waals surface area (Å²) in [5.74, 6) is 0.844. The first kappa shape index (κ1) is 24.0. The average Bonchev–Trinajstić information content (AvgIpc) is 2.75. The monoisotopic (exact) mass is 420 g/mol. The number of amides is 1. The number of ether oxygens (including phenoxy) is 2. The zero-order valence-electron chi connectivity index (χ0n) is 19.0. The van der Waals surface area contributed by atoms with Crippen LogP contribution >= 0.6 is 0 Å². The SMILES string of the molecule is CCCCCCOc1ccc(C=C(C#N)C(=O)Nc2ccc(C)cc2C)cc1OCC. The second kappa shape index (κ2) is 12.4. The first-order valence-corrected chi connectivity index (χ1v) is 10.9. The Hall–Kier alpha value is -3.26. The van der Waals surface area contributed by atoms with Gasteiger partial charge in [-0.3, -0.25) is 4.79 Å². The number of aryl methyl sites for hydroxylation is 2. The molecule has 164 valence electrons. The van der Waals surface area contributed by atoms with Crippen LogP contribution in [0.1, 0.15) is 56.2 Å². The van der Waals surface area contributed by atoms with Crippen molar-refractivity contribution in [3.05, 3.63) is 58.7 Å². The molecule has 0 heterocycles. The molecule has 31 heavy (non-hydrogen) atoms. The molecule has 0 aliphatic carbocycles. The molecule has 0 saturated carbocycles. The lowest BCUT2D eigenvalue weighted by molar-refractivity contribution is -0.112. The van der Waals surface area contributed by atoms with Crippen LogP contribution in [0.15, 0.2) is 42.0 Å². The van der Waals surface area contributed by atoms with Crippen LogP contribution in [0, 0.1) is 25.2 Å². The van der Waals surface area contributed by atoms with E-state index in [-0.39, 0.29) is 5.57 Å². The summed E-state index contributed by atoms with van der Waals surface area (Å²) in [6.07, 6.45) is 6.09. The second-order valence-corrected chi connectivity index (χ2v) is 7.49. The first-order valence-electron chi connectivity index (χ1n) is 10.9. The van der Waals surface area contributed by atoms with E-state index in [2.05, 4.69) is 12.2 Å². The van der Waals surface area contributed by atoms with Crippen molar-refractivity contribution >= 4 is 17.7 Å². The number of rotatable bonds is 11. The molecule has 0 bridgehead atoms. The highest BCUT2D eigenvalue weighted by molar-refractivity contribution is 6.10. The minimum absolute atomic E-state index is 0.0238. The predicted octanol–water partition coefficient (Wildman–Crippen LogP) is 6.21. The summed E-state index contributed by atoms with van der Waals surface area (Å²) >= 11 is 0. The van der Waals surface area contributed by atoms with Crippen LogP contribution in [0.2, 0.25) is 0 Å². The number of anilines is 1. The fraction of sp³-hybridized carbons (Fsp3) is 0.385. The third-order valence-electron chi connectivity index (χ3n) is 4.83. The molecule has 0 saturated heterocycles. The van der Waals surface area contributed by atoms with Gasteiger partial charge in [0, 0.05) is 5.69 Å². The Morgan fingerprint density at radius 2 is 1.84 bits per heavy atom. The van der Waals surface area contributed by atoms with Crippen molar-refractivity contribution in [1.29, 1.82) is 5.26 Å². The molecule has 2 aromatic carbocycles. The Morgan fingerprint density at radius 1 is 1.03 bits per heavy atom. The number of nitrogens with zero attached hydrogens (tertiary/aromatic N) is 1. The first-order chi connectivity index (χ1) is 15.0. The lowest BCUT2D eigenvalue weighted by atomic mass is 10.1. The summed E-state index contributed by atoms with van der Waals surface area (Å²) in [5, 5.41) is 12.3. The predicted molar refractivity (Wildman–Crippen MR) is 125 cm³/mol. The van der Waals surface area contributed by atoms with E-state index in [9.17, 15) is 10.1 Å². The molecule has 5 heteroatoms. The van der Waals surface area contributed by atoms with Crippen molar-refractivity contribution in [2.24, 2.45) is 0 Å². The molecule has 5 nitrogen and oxygen atoms in total. The van der Waals surface area contributed by atoms with Gasteiger partial charge in [-0.1, -0.05) is 49.9 Å². The summed E-state index contributed by atoms with van der Waals surface area (Å²) in [6, 6.07) is 13.2. The van der Waals surface area contributed by atoms with E-state index in [1.54, 1.807) is 12.1 Å². The van der Waals surface area contributed by atoms with E-state index in [1.165, 1.54) is 12.8 Å². The number of unbranched alkanes of at least 4 members (excludes halogenated alkanes) is 3. The molecule has 0 aliphatic rings. The van der Waals surface area contributed by atoms with E-state index in [0.717, 1.165) is 24.0 Å². The molecule has 0 aliphatic heterocycles. The van der Waals surface area contributed by atoms with Crippen molar-refractivity contribution in [3.8, 4) is 17.6 Å². The number of benzene rings is 2. The number of nitriles is 1. The quantitative estimate of drug-likeness (QED) is 0.267. The summed E-state index contributed by atoms with van der Waals surface area (Å²) in [6.45, 7) is 9.14. The van der Waals surface area contributed by atoms with E-state index in [1.807, 2.05) is 57.2 Å². The largest absolute Gasteiger partial charge is 0.490 e. The van der Waals surface area contributed by atoms with Gasteiger partial charge >= 0.3 is 0 Å². The molecule has 1 amide bonds. The fourth-order valence-electron chi connectivity index (χ4n) is 3.17. The van der Waals surface area contributed by atoms with Crippen molar-refractivity contribution in [2.75, 3.05) is 18.5 Å². The summed E-state index contributed by atoms with van der Waals surface area (Å²) < 4.78 is 11.6. The van der Waals surface area contributed by atoms with E-state index < -0.39 is 5.91 Å². The lowest BCUT2D eigenvalue weighted by Crippen LogP contribution is -2.14. The van der Waals surface area contributed by atoms with Crippen LogP contribution < -0.4 is 14.8 Å². The number of carbonyl (C=O) groups is 1. The molecule has 0 atom stereocenters. The number of nitrogens with one attached hydrogen (secondary N) is 1. The van der Waals surface area contributed by atoms with Crippen LogP contribution in [0.3, 0.4) is 0 Å². The molecule has 1 N–H and O–H groups in total. The Bertz CT molecular complexity index is 958. The minimum atomic E-state index is -0.441. The maximum absolute atomic E-state index is 12.6. The molecule has 0 fully saturated rings. The maximum Gasteiger partial charge on any atom is 0.266 e. The standard InChI is InChI=1S/C26H32N2O3/c1-5-7-8-9-14-31-24-13-11-21(17-25(24)30-6-2)16-22(18-27)26(29)28-23-12-10-19(3)15-20(23)4/h10-13,15-17H,5-9,14H2,1-4H3,(H,28,29). The number of hydrogen-bond donors (Lipinski definition) is 1. The Morgan fingerprint density at radius 3 is 2.52 bits per heavy atom. The molecule has 0 spiro atoms. The normalized spacial score (nSPS) is 11.0. The summed E-state index contributed by atoms with van der Waals surface area (Å²) in [4.78, 5) is 12.6. The van der Waals surface area contributed by atoms with Gasteiger partial charge in [0.2, 0.25) is 0 Å². The number of carbonyl (C=O) groups excluding carboxylic acids is 1. The van der Waals surface area contributed by atoms with Gasteiger partial charge in [0.05, 0.1) is 13.2 Å². The van der Waals surface area contributed by atoms with E-state index in [4.69, 9.17) is 9.47 Å². The van der Waals surface area contributed by atoms with Crippen molar-refractivity contribution in [3.63, 3.8) is 0 Å². The van der Waals surface area contributed by atoms with Crippen LogP contribution in [0.5, 0.6) is 11.5 Å². The summed E-state index contributed by atoms with van der Waals surface area (Å²) in [5.41, 5.74) is 3.48. The fourth-order valence-corrected chi connectivity index (χ4v) is 3.17. The highest BCUT2D eigenvalue weighted by atomic mass is 16.5. The van der Waals surface area contributed by atoms with Crippen molar-refractivity contribution in [1.82, 2.24) is 0 Å². The third kappa shape index (κ3) is 7.49. The Labute approximate surface area is 185 Å². The highest BCUT2D eigenvalue weighted by Gasteiger charge is 2.12. The van der Waals surface area contributed by atoms with Gasteiger partial charge in [-0.15, -0.1) is 0 Å². The number of hydrogen-bond acceptors (Lipinski definition) is 4. The minimum Gasteiger partial charge on any atom is -0.490 e. The average molecular weight is 421 g/mol. The van der Waals surface area contributed by atoms with Crippen molar-refractivity contribution in [2.45, 2.75) is 53.4 Å². The molecule has 2 aromatic rings. The van der Waals surface area contributed by atoms with Gasteiger partial charge in [-0.25, -0.2) is 0 Å². The molecular formula is C26H32N2O3.